The molecule has 1 spiro atoms. The van der Waals surface area contributed by atoms with Crippen LogP contribution in [-0.2, 0) is 9.59 Å². The van der Waals surface area contributed by atoms with Crippen LogP contribution in [0.1, 0.15) is 54.8 Å². The van der Waals surface area contributed by atoms with E-state index in [2.05, 4.69) is 0 Å². The van der Waals surface area contributed by atoms with Crippen molar-refractivity contribution in [1.29, 1.82) is 0 Å². The van der Waals surface area contributed by atoms with Gasteiger partial charge < -0.3 is 5.73 Å². The fourth-order valence-corrected chi connectivity index (χ4v) is 4.46. The molecule has 1 saturated carbocycles. The summed E-state index contributed by atoms with van der Waals surface area (Å²) in [4.78, 5) is 32.5. The van der Waals surface area contributed by atoms with Crippen molar-refractivity contribution >= 4 is 17.5 Å². The fourth-order valence-electron chi connectivity index (χ4n) is 4.46. The Labute approximate surface area is 169 Å². The summed E-state index contributed by atoms with van der Waals surface area (Å²) in [5, 5.41) is 0. The number of nitrogens with zero attached hydrogens (tertiary/aromatic N) is 2. The van der Waals surface area contributed by atoms with E-state index in [-0.39, 0.29) is 5.91 Å². The van der Waals surface area contributed by atoms with Crippen molar-refractivity contribution < 1.29 is 14.0 Å². The standard InChI is InChI=1S/C23H24FN3O2/c1-15-8-10-16(11-9-15)19-22(29)27(23(26-19)12-3-2-4-13-23)20(21(25)28)17-6-5-7-18(24)14-17/h5-11,14,20H,2-4,12-13H2,1H3,(H2,25,28). The molecule has 2 aromatic rings. The maximum absolute atomic E-state index is 13.9. The summed E-state index contributed by atoms with van der Waals surface area (Å²) in [6.07, 6.45) is 4.19. The molecule has 5 nitrogen and oxygen atoms in total. The number of nitrogens with two attached hydrogens (primary N) is 1. The lowest BCUT2D eigenvalue weighted by Gasteiger charge is -2.42. The number of benzene rings is 2. The van der Waals surface area contributed by atoms with E-state index in [1.807, 2.05) is 31.2 Å². The van der Waals surface area contributed by atoms with E-state index in [0.29, 0.717) is 24.1 Å². The van der Waals surface area contributed by atoms with E-state index in [1.54, 1.807) is 6.07 Å². The van der Waals surface area contributed by atoms with Crippen LogP contribution < -0.4 is 5.73 Å². The molecule has 1 aliphatic heterocycles. The molecule has 2 N–H and O–H groups in total. The van der Waals surface area contributed by atoms with Gasteiger partial charge in [-0.05, 0) is 50.3 Å². The van der Waals surface area contributed by atoms with Crippen LogP contribution in [-0.4, -0.2) is 28.1 Å². The molecule has 1 heterocycles. The second-order valence-corrected chi connectivity index (χ2v) is 7.90. The second kappa shape index (κ2) is 7.43. The molecule has 1 unspecified atom stereocenters. The minimum absolute atomic E-state index is 0.330. The summed E-state index contributed by atoms with van der Waals surface area (Å²) >= 11 is 0. The van der Waals surface area contributed by atoms with Crippen LogP contribution >= 0.6 is 0 Å². The fraction of sp³-hybridized carbons (Fsp3) is 0.348. The number of aliphatic imine (C=N–C) groups is 1. The molecular formula is C23H24FN3O2. The van der Waals surface area contributed by atoms with Gasteiger partial charge in [-0.25, -0.2) is 4.39 Å². The molecule has 0 saturated heterocycles. The Bertz CT molecular complexity index is 978. The van der Waals surface area contributed by atoms with Crippen molar-refractivity contribution in [1.82, 2.24) is 4.90 Å². The largest absolute Gasteiger partial charge is 0.368 e. The second-order valence-electron chi connectivity index (χ2n) is 7.90. The lowest BCUT2D eigenvalue weighted by atomic mass is 9.86. The molecule has 2 aromatic carbocycles. The van der Waals surface area contributed by atoms with Crippen molar-refractivity contribution in [3.05, 3.63) is 71.0 Å². The molecule has 1 aliphatic carbocycles. The number of halogens is 1. The Hall–Kier alpha value is -3.02. The maximum Gasteiger partial charge on any atom is 0.275 e. The van der Waals surface area contributed by atoms with Gasteiger partial charge in [0.05, 0.1) is 0 Å². The molecule has 150 valence electrons. The summed E-state index contributed by atoms with van der Waals surface area (Å²) in [6, 6.07) is 12.3. The Morgan fingerprint density at radius 1 is 1.14 bits per heavy atom. The minimum Gasteiger partial charge on any atom is -0.368 e. The number of carbonyl (C=O) groups is 2. The monoisotopic (exact) mass is 393 g/mol. The van der Waals surface area contributed by atoms with Gasteiger partial charge in [0, 0.05) is 5.56 Å². The number of hydrogen-bond acceptors (Lipinski definition) is 3. The van der Waals surface area contributed by atoms with Crippen molar-refractivity contribution in [2.45, 2.75) is 50.7 Å². The average Bonchev–Trinajstić information content (AvgIpc) is 2.96. The molecule has 1 atom stereocenters. The van der Waals surface area contributed by atoms with E-state index in [0.717, 1.165) is 30.4 Å². The third-order valence-electron chi connectivity index (χ3n) is 5.86. The van der Waals surface area contributed by atoms with E-state index in [9.17, 15) is 14.0 Å². The predicted octanol–water partition coefficient (Wildman–Crippen LogP) is 3.65. The molecule has 6 heteroatoms. The topological polar surface area (TPSA) is 75.8 Å². The van der Waals surface area contributed by atoms with Crippen molar-refractivity contribution in [2.24, 2.45) is 10.7 Å². The summed E-state index contributed by atoms with van der Waals surface area (Å²) in [5.41, 5.74) is 7.44. The SMILES string of the molecule is Cc1ccc(C2=NC3(CCCCC3)N(C(C(N)=O)c3cccc(F)c3)C2=O)cc1. The van der Waals surface area contributed by atoms with Gasteiger partial charge in [0.15, 0.2) is 0 Å². The van der Waals surface area contributed by atoms with Crippen LogP contribution in [0.15, 0.2) is 53.5 Å². The van der Waals surface area contributed by atoms with Gasteiger partial charge in [0.1, 0.15) is 23.2 Å². The lowest BCUT2D eigenvalue weighted by molar-refractivity contribution is -0.141. The van der Waals surface area contributed by atoms with E-state index < -0.39 is 23.4 Å². The van der Waals surface area contributed by atoms with Crippen molar-refractivity contribution in [3.8, 4) is 0 Å². The van der Waals surface area contributed by atoms with Crippen molar-refractivity contribution in [3.63, 3.8) is 0 Å². The van der Waals surface area contributed by atoms with Crippen LogP contribution in [0.3, 0.4) is 0 Å². The number of amides is 2. The number of primary amides is 1. The number of carbonyl (C=O) groups excluding carboxylic acids is 2. The Balaban J connectivity index is 1.83. The smallest absolute Gasteiger partial charge is 0.275 e. The Morgan fingerprint density at radius 3 is 2.45 bits per heavy atom. The highest BCUT2D eigenvalue weighted by Gasteiger charge is 2.52. The van der Waals surface area contributed by atoms with Crippen LogP contribution in [0.5, 0.6) is 0 Å². The molecule has 2 aliphatic rings. The zero-order chi connectivity index (χ0) is 20.6. The normalized spacial score (nSPS) is 19.3. The Kier molecular flexibility index (Phi) is 4.94. The summed E-state index contributed by atoms with van der Waals surface area (Å²) < 4.78 is 13.9. The number of aryl methyl sites for hydroxylation is 1. The molecule has 4 rings (SSSR count). The van der Waals surface area contributed by atoms with Crippen LogP contribution in [0.25, 0.3) is 0 Å². The quantitative estimate of drug-likeness (QED) is 0.861. The van der Waals surface area contributed by atoms with E-state index in [1.165, 1.54) is 23.1 Å². The maximum atomic E-state index is 13.9. The molecule has 29 heavy (non-hydrogen) atoms. The van der Waals surface area contributed by atoms with Gasteiger partial charge in [-0.3, -0.25) is 19.5 Å². The first-order valence-corrected chi connectivity index (χ1v) is 9.97. The van der Waals surface area contributed by atoms with Crippen LogP contribution in [0.2, 0.25) is 0 Å². The third kappa shape index (κ3) is 3.43. The first-order chi connectivity index (χ1) is 13.9. The first-order valence-electron chi connectivity index (χ1n) is 9.97. The lowest BCUT2D eigenvalue weighted by Crippen LogP contribution is -2.53. The summed E-state index contributed by atoms with van der Waals surface area (Å²) in [5.74, 6) is -1.49. The minimum atomic E-state index is -1.07. The van der Waals surface area contributed by atoms with Gasteiger partial charge in [0.2, 0.25) is 5.91 Å². The van der Waals surface area contributed by atoms with Crippen LogP contribution in [0, 0.1) is 12.7 Å². The molecule has 0 bridgehead atoms. The van der Waals surface area contributed by atoms with Gasteiger partial charge in [-0.15, -0.1) is 0 Å². The highest BCUT2D eigenvalue weighted by molar-refractivity contribution is 6.47. The highest BCUT2D eigenvalue weighted by Crippen LogP contribution is 2.44. The molecule has 0 aromatic heterocycles. The number of hydrogen-bond donors (Lipinski definition) is 1. The average molecular weight is 393 g/mol. The predicted molar refractivity (Wildman–Crippen MR) is 109 cm³/mol. The van der Waals surface area contributed by atoms with Gasteiger partial charge in [0.25, 0.3) is 5.91 Å². The third-order valence-corrected chi connectivity index (χ3v) is 5.86. The zero-order valence-electron chi connectivity index (χ0n) is 16.4. The first kappa shape index (κ1) is 19.3. The Morgan fingerprint density at radius 2 is 1.83 bits per heavy atom. The molecular weight excluding hydrogens is 369 g/mol. The van der Waals surface area contributed by atoms with Gasteiger partial charge in [-0.1, -0.05) is 48.4 Å². The molecule has 2 amide bonds. The van der Waals surface area contributed by atoms with Gasteiger partial charge in [-0.2, -0.15) is 0 Å². The summed E-state index contributed by atoms with van der Waals surface area (Å²) in [6.45, 7) is 1.98. The van der Waals surface area contributed by atoms with Crippen LogP contribution in [0.4, 0.5) is 4.39 Å². The molecule has 1 fully saturated rings. The molecule has 0 radical (unpaired) electrons. The number of rotatable bonds is 4. The summed E-state index contributed by atoms with van der Waals surface area (Å²) in [7, 11) is 0. The highest BCUT2D eigenvalue weighted by atomic mass is 19.1. The van der Waals surface area contributed by atoms with Gasteiger partial charge >= 0.3 is 0 Å². The van der Waals surface area contributed by atoms with Crippen molar-refractivity contribution in [2.75, 3.05) is 0 Å². The van der Waals surface area contributed by atoms with E-state index >= 15 is 0 Å². The zero-order valence-corrected chi connectivity index (χ0v) is 16.4. The van der Waals surface area contributed by atoms with E-state index in [4.69, 9.17) is 10.7 Å².